The van der Waals surface area contributed by atoms with Crippen LogP contribution in [0.5, 0.6) is 0 Å². The van der Waals surface area contributed by atoms with Crippen LogP contribution in [0.2, 0.25) is 0 Å². The molecular weight excluding hydrogens is 254 g/mol. The maximum atomic E-state index is 12.2. The average Bonchev–Trinajstić information content (AvgIpc) is 2.47. The minimum atomic E-state index is -0.0804. The second kappa shape index (κ2) is 6.72. The van der Waals surface area contributed by atoms with Crippen LogP contribution >= 0.6 is 0 Å². The molecule has 0 bridgehead atoms. The van der Waals surface area contributed by atoms with Gasteiger partial charge in [-0.1, -0.05) is 12.1 Å². The average molecular weight is 277 g/mol. The van der Waals surface area contributed by atoms with Crippen molar-refractivity contribution in [3.05, 3.63) is 29.8 Å². The number of hydrogen-bond donors (Lipinski definition) is 3. The highest BCUT2D eigenvalue weighted by molar-refractivity contribution is 5.89. The van der Waals surface area contributed by atoms with E-state index in [4.69, 9.17) is 10.8 Å². The van der Waals surface area contributed by atoms with Crippen molar-refractivity contribution < 1.29 is 9.90 Å². The molecule has 5 nitrogen and oxygen atoms in total. The molecule has 4 N–H and O–H groups in total. The third kappa shape index (κ3) is 3.71. The maximum Gasteiger partial charge on any atom is 0.321 e. The van der Waals surface area contributed by atoms with E-state index in [2.05, 4.69) is 5.32 Å². The van der Waals surface area contributed by atoms with Gasteiger partial charge in [0.25, 0.3) is 0 Å². The van der Waals surface area contributed by atoms with Gasteiger partial charge in [0.2, 0.25) is 0 Å². The van der Waals surface area contributed by atoms with Crippen molar-refractivity contribution in [2.45, 2.75) is 25.8 Å². The van der Waals surface area contributed by atoms with Gasteiger partial charge in [0.1, 0.15) is 0 Å². The van der Waals surface area contributed by atoms with Crippen LogP contribution in [0.4, 0.5) is 10.5 Å². The minimum absolute atomic E-state index is 0.0489. The lowest BCUT2D eigenvalue weighted by molar-refractivity contribution is 0.143. The highest BCUT2D eigenvalue weighted by atomic mass is 16.3. The largest absolute Gasteiger partial charge is 0.396 e. The van der Waals surface area contributed by atoms with E-state index in [0.29, 0.717) is 19.0 Å². The number of likely N-dealkylation sites (tertiary alicyclic amines) is 1. The molecule has 0 saturated carbocycles. The highest BCUT2D eigenvalue weighted by Gasteiger charge is 2.22. The first-order valence-electron chi connectivity index (χ1n) is 7.12. The van der Waals surface area contributed by atoms with Gasteiger partial charge in [0.05, 0.1) is 0 Å². The number of nitrogens with zero attached hydrogens (tertiary/aromatic N) is 1. The second-order valence-corrected chi connectivity index (χ2v) is 5.46. The number of nitrogens with one attached hydrogen (secondary N) is 1. The van der Waals surface area contributed by atoms with Gasteiger partial charge in [-0.3, -0.25) is 0 Å². The number of amides is 2. The van der Waals surface area contributed by atoms with Gasteiger partial charge in [0, 0.05) is 31.4 Å². The molecule has 1 unspecified atom stereocenters. The minimum Gasteiger partial charge on any atom is -0.396 e. The lowest BCUT2D eigenvalue weighted by Gasteiger charge is -2.31. The topological polar surface area (TPSA) is 78.6 Å². The maximum absolute atomic E-state index is 12.2. The predicted molar refractivity (Wildman–Crippen MR) is 79.4 cm³/mol. The van der Waals surface area contributed by atoms with Crippen LogP contribution in [0.25, 0.3) is 0 Å². The zero-order valence-corrected chi connectivity index (χ0v) is 11.9. The van der Waals surface area contributed by atoms with Crippen molar-refractivity contribution >= 4 is 11.7 Å². The first kappa shape index (κ1) is 14.8. The molecule has 1 fully saturated rings. The predicted octanol–water partition coefficient (Wildman–Crippen LogP) is 1.94. The molecule has 0 radical (unpaired) electrons. The van der Waals surface area contributed by atoms with Crippen LogP contribution < -0.4 is 11.1 Å². The number of rotatable bonds is 3. The van der Waals surface area contributed by atoms with Crippen molar-refractivity contribution in [1.29, 1.82) is 0 Å². The molecule has 0 aromatic heterocycles. The molecule has 1 aromatic rings. The van der Waals surface area contributed by atoms with Crippen LogP contribution in [-0.2, 0) is 0 Å². The summed E-state index contributed by atoms with van der Waals surface area (Å²) in [5, 5.41) is 12.0. The summed E-state index contributed by atoms with van der Waals surface area (Å²) in [4.78, 5) is 14.0. The Morgan fingerprint density at radius 3 is 2.80 bits per heavy atom. The first-order chi connectivity index (χ1) is 9.60. The standard InChI is InChI=1S/C15H23N3O2/c1-11(16)13-3-2-4-14(9-13)17-15(20)18-7-5-12(10-19)6-8-18/h2-4,9,11-12,19H,5-8,10,16H2,1H3,(H,17,20). The Labute approximate surface area is 119 Å². The lowest BCUT2D eigenvalue weighted by Crippen LogP contribution is -2.41. The summed E-state index contributed by atoms with van der Waals surface area (Å²) in [6.07, 6.45) is 1.73. The Bertz CT molecular complexity index is 454. The smallest absolute Gasteiger partial charge is 0.321 e. The normalized spacial score (nSPS) is 17.9. The lowest BCUT2D eigenvalue weighted by atomic mass is 9.98. The number of aliphatic hydroxyl groups excluding tert-OH is 1. The van der Waals surface area contributed by atoms with Crippen LogP contribution in [-0.4, -0.2) is 35.7 Å². The van der Waals surface area contributed by atoms with Gasteiger partial charge < -0.3 is 21.1 Å². The van der Waals surface area contributed by atoms with E-state index in [1.54, 1.807) is 4.90 Å². The summed E-state index contributed by atoms with van der Waals surface area (Å²) in [6, 6.07) is 7.49. The van der Waals surface area contributed by atoms with E-state index in [1.807, 2.05) is 31.2 Å². The molecule has 1 saturated heterocycles. The molecule has 0 aliphatic carbocycles. The molecule has 1 aromatic carbocycles. The van der Waals surface area contributed by atoms with Crippen LogP contribution in [0.15, 0.2) is 24.3 Å². The first-order valence-corrected chi connectivity index (χ1v) is 7.12. The van der Waals surface area contributed by atoms with Crippen LogP contribution in [0.1, 0.15) is 31.4 Å². The SMILES string of the molecule is CC(N)c1cccc(NC(=O)N2CCC(CO)CC2)c1. The summed E-state index contributed by atoms with van der Waals surface area (Å²) in [5.74, 6) is 0.334. The van der Waals surface area contributed by atoms with Gasteiger partial charge in [-0.25, -0.2) is 4.79 Å². The van der Waals surface area contributed by atoms with Gasteiger partial charge >= 0.3 is 6.03 Å². The van der Waals surface area contributed by atoms with E-state index >= 15 is 0 Å². The fourth-order valence-electron chi connectivity index (χ4n) is 2.42. The quantitative estimate of drug-likeness (QED) is 0.790. The van der Waals surface area contributed by atoms with Crippen molar-refractivity contribution in [1.82, 2.24) is 4.90 Å². The Kier molecular flexibility index (Phi) is 4.98. The number of anilines is 1. The monoisotopic (exact) mass is 277 g/mol. The Balaban J connectivity index is 1.93. The molecule has 1 atom stereocenters. The molecule has 1 aliphatic rings. The van der Waals surface area contributed by atoms with Crippen molar-refractivity contribution in [3.63, 3.8) is 0 Å². The van der Waals surface area contributed by atoms with Crippen LogP contribution in [0.3, 0.4) is 0 Å². The van der Waals surface area contributed by atoms with E-state index in [9.17, 15) is 4.79 Å². The molecule has 1 aliphatic heterocycles. The number of aliphatic hydroxyl groups is 1. The molecule has 5 heteroatoms. The molecule has 2 rings (SSSR count). The summed E-state index contributed by atoms with van der Waals surface area (Å²) >= 11 is 0. The fourth-order valence-corrected chi connectivity index (χ4v) is 2.42. The number of hydrogen-bond acceptors (Lipinski definition) is 3. The molecular formula is C15H23N3O2. The van der Waals surface area contributed by atoms with Crippen molar-refractivity contribution in [3.8, 4) is 0 Å². The fraction of sp³-hybridized carbons (Fsp3) is 0.533. The summed E-state index contributed by atoms with van der Waals surface area (Å²) < 4.78 is 0. The van der Waals surface area contributed by atoms with E-state index in [1.165, 1.54) is 0 Å². The highest BCUT2D eigenvalue weighted by Crippen LogP contribution is 2.19. The zero-order valence-electron chi connectivity index (χ0n) is 11.9. The van der Waals surface area contributed by atoms with Gasteiger partial charge in [-0.2, -0.15) is 0 Å². The number of urea groups is 1. The third-order valence-corrected chi connectivity index (χ3v) is 3.82. The summed E-state index contributed by atoms with van der Waals surface area (Å²) in [5.41, 5.74) is 7.61. The van der Waals surface area contributed by atoms with E-state index in [-0.39, 0.29) is 18.7 Å². The number of benzene rings is 1. The van der Waals surface area contributed by atoms with Crippen molar-refractivity contribution in [2.75, 3.05) is 25.0 Å². The Hall–Kier alpha value is -1.59. The molecule has 0 spiro atoms. The molecule has 20 heavy (non-hydrogen) atoms. The summed E-state index contributed by atoms with van der Waals surface area (Å²) in [7, 11) is 0. The third-order valence-electron chi connectivity index (χ3n) is 3.82. The number of piperidine rings is 1. The van der Waals surface area contributed by atoms with E-state index < -0.39 is 0 Å². The van der Waals surface area contributed by atoms with E-state index in [0.717, 1.165) is 24.1 Å². The van der Waals surface area contributed by atoms with Gasteiger partial charge in [-0.15, -0.1) is 0 Å². The number of carbonyl (C=O) groups is 1. The van der Waals surface area contributed by atoms with Crippen LogP contribution in [0, 0.1) is 5.92 Å². The van der Waals surface area contributed by atoms with Gasteiger partial charge in [-0.05, 0) is 43.4 Å². The number of nitrogens with two attached hydrogens (primary N) is 1. The molecule has 110 valence electrons. The van der Waals surface area contributed by atoms with Gasteiger partial charge in [0.15, 0.2) is 0 Å². The summed E-state index contributed by atoms with van der Waals surface area (Å²) in [6.45, 7) is 3.53. The molecule has 1 heterocycles. The zero-order chi connectivity index (χ0) is 14.5. The van der Waals surface area contributed by atoms with Crippen molar-refractivity contribution in [2.24, 2.45) is 11.7 Å². The second-order valence-electron chi connectivity index (χ2n) is 5.46. The molecule has 2 amide bonds. The Morgan fingerprint density at radius 2 is 2.20 bits per heavy atom. The number of carbonyl (C=O) groups excluding carboxylic acids is 1. The Morgan fingerprint density at radius 1 is 1.50 bits per heavy atom.